The first-order valence-electron chi connectivity index (χ1n) is 6.45. The molecule has 2 N–H and O–H groups in total. The molecule has 1 aromatic carbocycles. The van der Waals surface area contributed by atoms with E-state index in [9.17, 15) is 0 Å². The summed E-state index contributed by atoms with van der Waals surface area (Å²) in [6.45, 7) is 8.22. The van der Waals surface area contributed by atoms with Crippen LogP contribution < -0.4 is 5.73 Å². The molecule has 0 amide bonds. The van der Waals surface area contributed by atoms with Gasteiger partial charge < -0.3 is 5.73 Å². The summed E-state index contributed by atoms with van der Waals surface area (Å²) in [5.74, 6) is 0. The van der Waals surface area contributed by atoms with E-state index in [-0.39, 0.29) is 6.04 Å². The molecule has 2 atom stereocenters. The minimum atomic E-state index is 0.232. The summed E-state index contributed by atoms with van der Waals surface area (Å²) in [5, 5.41) is 0.742. The van der Waals surface area contributed by atoms with Crippen molar-refractivity contribution >= 4 is 27.5 Å². The van der Waals surface area contributed by atoms with Crippen LogP contribution in [-0.4, -0.2) is 24.0 Å². The Balaban J connectivity index is 3.03. The lowest BCUT2D eigenvalue weighted by Gasteiger charge is -2.35. The second kappa shape index (κ2) is 7.49. The predicted octanol–water partition coefficient (Wildman–Crippen LogP) is 4.22. The van der Waals surface area contributed by atoms with E-state index in [2.05, 4.69) is 47.7 Å². The van der Waals surface area contributed by atoms with Crippen molar-refractivity contribution < 1.29 is 0 Å². The largest absolute Gasteiger partial charge is 0.329 e. The Morgan fingerprint density at radius 2 is 2.06 bits per heavy atom. The molecule has 0 saturated carbocycles. The summed E-state index contributed by atoms with van der Waals surface area (Å²) >= 11 is 9.59. The summed E-state index contributed by atoms with van der Waals surface area (Å²) in [6, 6.07) is 6.85. The van der Waals surface area contributed by atoms with Gasteiger partial charge in [0.25, 0.3) is 0 Å². The highest BCUT2D eigenvalue weighted by Gasteiger charge is 2.22. The molecule has 18 heavy (non-hydrogen) atoms. The van der Waals surface area contributed by atoms with Crippen molar-refractivity contribution in [2.75, 3.05) is 13.1 Å². The molecule has 0 aliphatic heterocycles. The van der Waals surface area contributed by atoms with Gasteiger partial charge in [-0.2, -0.15) is 0 Å². The highest BCUT2D eigenvalue weighted by Crippen LogP contribution is 2.29. The van der Waals surface area contributed by atoms with Gasteiger partial charge in [-0.05, 0) is 53.5 Å². The fourth-order valence-corrected chi connectivity index (χ4v) is 2.69. The van der Waals surface area contributed by atoms with E-state index in [0.29, 0.717) is 12.6 Å². The van der Waals surface area contributed by atoms with Crippen LogP contribution in [0.15, 0.2) is 22.7 Å². The molecule has 4 heteroatoms. The van der Waals surface area contributed by atoms with Crippen LogP contribution in [0, 0.1) is 0 Å². The number of nitrogens with zero attached hydrogens (tertiary/aromatic N) is 1. The molecule has 0 aliphatic rings. The highest BCUT2D eigenvalue weighted by molar-refractivity contribution is 9.10. The molecule has 0 saturated heterocycles. The number of rotatable bonds is 6. The first kappa shape index (κ1) is 16.0. The van der Waals surface area contributed by atoms with E-state index < -0.39 is 0 Å². The number of hydrogen-bond acceptors (Lipinski definition) is 2. The Morgan fingerprint density at radius 3 is 2.50 bits per heavy atom. The molecule has 2 nitrogen and oxygen atoms in total. The molecule has 0 heterocycles. The van der Waals surface area contributed by atoms with E-state index >= 15 is 0 Å². The summed E-state index contributed by atoms with van der Waals surface area (Å²) in [4.78, 5) is 2.43. The summed E-state index contributed by atoms with van der Waals surface area (Å²) in [6.07, 6.45) is 1.12. The van der Waals surface area contributed by atoms with Crippen LogP contribution >= 0.6 is 27.5 Å². The van der Waals surface area contributed by atoms with Gasteiger partial charge >= 0.3 is 0 Å². The molecule has 1 aromatic rings. The smallest absolute Gasteiger partial charge is 0.0551 e. The lowest BCUT2D eigenvalue weighted by Crippen LogP contribution is -2.39. The van der Waals surface area contributed by atoms with Gasteiger partial charge in [0.1, 0.15) is 0 Å². The minimum Gasteiger partial charge on any atom is -0.329 e. The van der Waals surface area contributed by atoms with Gasteiger partial charge in [-0.3, -0.25) is 4.90 Å². The maximum atomic E-state index is 6.17. The van der Waals surface area contributed by atoms with Crippen LogP contribution in [0.1, 0.15) is 38.8 Å². The van der Waals surface area contributed by atoms with Gasteiger partial charge in [-0.15, -0.1) is 0 Å². The van der Waals surface area contributed by atoms with E-state index in [4.69, 9.17) is 17.3 Å². The van der Waals surface area contributed by atoms with Crippen molar-refractivity contribution in [2.45, 2.75) is 39.3 Å². The molecule has 102 valence electrons. The number of likely N-dealkylation sites (N-methyl/N-ethyl adjacent to an activating group) is 1. The van der Waals surface area contributed by atoms with E-state index in [1.807, 2.05) is 12.1 Å². The third kappa shape index (κ3) is 3.70. The standard InChI is InChI=1S/C14H22BrClN2/c1-4-10(3)18(5-2)14(9-17)11-6-7-12(15)13(16)8-11/h6-8,10,14H,4-5,9,17H2,1-3H3. The second-order valence-corrected chi connectivity index (χ2v) is 5.77. The maximum absolute atomic E-state index is 6.17. The van der Waals surface area contributed by atoms with Crippen molar-refractivity contribution in [3.8, 4) is 0 Å². The number of halogens is 2. The monoisotopic (exact) mass is 332 g/mol. The zero-order chi connectivity index (χ0) is 13.7. The van der Waals surface area contributed by atoms with Crippen molar-refractivity contribution in [1.29, 1.82) is 0 Å². The molecule has 0 radical (unpaired) electrons. The Morgan fingerprint density at radius 1 is 1.39 bits per heavy atom. The quantitative estimate of drug-likeness (QED) is 0.844. The SMILES string of the molecule is CCC(C)N(CC)C(CN)c1ccc(Br)c(Cl)c1. The van der Waals surface area contributed by atoms with Crippen LogP contribution in [0.25, 0.3) is 0 Å². The Hall–Kier alpha value is -0.0900. The number of benzene rings is 1. The number of hydrogen-bond donors (Lipinski definition) is 1. The van der Waals surface area contributed by atoms with Gasteiger partial charge in [-0.1, -0.05) is 31.5 Å². The topological polar surface area (TPSA) is 29.3 Å². The predicted molar refractivity (Wildman–Crippen MR) is 83.1 cm³/mol. The van der Waals surface area contributed by atoms with Gasteiger partial charge in [0.15, 0.2) is 0 Å². The summed E-state index contributed by atoms with van der Waals surface area (Å²) in [5.41, 5.74) is 7.15. The lowest BCUT2D eigenvalue weighted by atomic mass is 10.0. The summed E-state index contributed by atoms with van der Waals surface area (Å²) in [7, 11) is 0. The molecule has 0 aromatic heterocycles. The van der Waals surface area contributed by atoms with Crippen LogP contribution in [-0.2, 0) is 0 Å². The van der Waals surface area contributed by atoms with Crippen molar-refractivity contribution in [3.05, 3.63) is 33.3 Å². The van der Waals surface area contributed by atoms with Gasteiger partial charge in [0, 0.05) is 23.1 Å². The maximum Gasteiger partial charge on any atom is 0.0551 e. The molecule has 0 aliphatic carbocycles. The zero-order valence-electron chi connectivity index (χ0n) is 11.3. The molecule has 0 fully saturated rings. The van der Waals surface area contributed by atoms with E-state index in [1.54, 1.807) is 0 Å². The third-order valence-corrected chi connectivity index (χ3v) is 4.71. The van der Waals surface area contributed by atoms with Crippen LogP contribution in [0.2, 0.25) is 5.02 Å². The van der Waals surface area contributed by atoms with Gasteiger partial charge in [0.05, 0.1) is 5.02 Å². The Labute approximate surface area is 124 Å². The lowest BCUT2D eigenvalue weighted by molar-refractivity contribution is 0.152. The molecule has 2 unspecified atom stereocenters. The fourth-order valence-electron chi connectivity index (χ4n) is 2.26. The Kier molecular flexibility index (Phi) is 6.64. The zero-order valence-corrected chi connectivity index (χ0v) is 13.6. The Bertz CT molecular complexity index is 384. The van der Waals surface area contributed by atoms with E-state index in [0.717, 1.165) is 22.5 Å². The average Bonchev–Trinajstić information content (AvgIpc) is 2.38. The molecule has 1 rings (SSSR count). The van der Waals surface area contributed by atoms with Gasteiger partial charge in [0.2, 0.25) is 0 Å². The molecule has 0 bridgehead atoms. The second-order valence-electron chi connectivity index (χ2n) is 4.51. The minimum absolute atomic E-state index is 0.232. The summed E-state index contributed by atoms with van der Waals surface area (Å²) < 4.78 is 0.926. The van der Waals surface area contributed by atoms with Crippen LogP contribution in [0.5, 0.6) is 0 Å². The molecule has 0 spiro atoms. The van der Waals surface area contributed by atoms with Crippen LogP contribution in [0.4, 0.5) is 0 Å². The van der Waals surface area contributed by atoms with Gasteiger partial charge in [-0.25, -0.2) is 0 Å². The van der Waals surface area contributed by atoms with Crippen molar-refractivity contribution in [1.82, 2.24) is 4.90 Å². The van der Waals surface area contributed by atoms with Crippen LogP contribution in [0.3, 0.4) is 0 Å². The normalized spacial score (nSPS) is 14.8. The molecular formula is C14H22BrClN2. The first-order valence-corrected chi connectivity index (χ1v) is 7.62. The fraction of sp³-hybridized carbons (Fsp3) is 0.571. The van der Waals surface area contributed by atoms with Crippen molar-refractivity contribution in [3.63, 3.8) is 0 Å². The first-order chi connectivity index (χ1) is 8.54. The molecular weight excluding hydrogens is 312 g/mol. The highest BCUT2D eigenvalue weighted by atomic mass is 79.9. The third-order valence-electron chi connectivity index (χ3n) is 3.47. The van der Waals surface area contributed by atoms with E-state index in [1.165, 1.54) is 5.56 Å². The average molecular weight is 334 g/mol. The number of nitrogens with two attached hydrogens (primary N) is 1. The van der Waals surface area contributed by atoms with Crippen molar-refractivity contribution in [2.24, 2.45) is 5.73 Å².